The van der Waals surface area contributed by atoms with Crippen LogP contribution in [0.15, 0.2) is 30.3 Å². The third-order valence-electron chi connectivity index (χ3n) is 4.11. The fraction of sp³-hybridized carbons (Fsp3) is 0.571. The molecule has 1 aromatic rings. The van der Waals surface area contributed by atoms with Gasteiger partial charge in [-0.3, -0.25) is 4.90 Å². The lowest BCUT2D eigenvalue weighted by Crippen LogP contribution is -2.42. The van der Waals surface area contributed by atoms with Crippen LogP contribution in [0.3, 0.4) is 0 Å². The van der Waals surface area contributed by atoms with Crippen LogP contribution >= 0.6 is 15.9 Å². The molecule has 17 heavy (non-hydrogen) atoms. The Bertz CT molecular complexity index is 383. The molecule has 2 aliphatic rings. The topological polar surface area (TPSA) is 12.5 Å². The van der Waals surface area contributed by atoms with Gasteiger partial charge in [0.25, 0.3) is 0 Å². The number of hydrogen-bond acceptors (Lipinski definition) is 2. The highest BCUT2D eigenvalue weighted by Crippen LogP contribution is 2.44. The smallest absolute Gasteiger partial charge is 0.0741 e. The maximum Gasteiger partial charge on any atom is 0.0741 e. The van der Waals surface area contributed by atoms with E-state index in [0.717, 1.165) is 12.5 Å². The monoisotopic (exact) mass is 295 g/mol. The van der Waals surface area contributed by atoms with Gasteiger partial charge in [-0.1, -0.05) is 46.3 Å². The maximum absolute atomic E-state index is 5.61. The first kappa shape index (κ1) is 11.7. The fourth-order valence-corrected chi connectivity index (χ4v) is 4.37. The van der Waals surface area contributed by atoms with Gasteiger partial charge in [-0.2, -0.15) is 0 Å². The second-order valence-electron chi connectivity index (χ2n) is 5.12. The molecule has 1 heterocycles. The van der Waals surface area contributed by atoms with Crippen molar-refractivity contribution < 1.29 is 4.74 Å². The fourth-order valence-electron chi connectivity index (χ4n) is 3.31. The predicted molar refractivity (Wildman–Crippen MR) is 72.3 cm³/mol. The van der Waals surface area contributed by atoms with E-state index in [4.69, 9.17) is 4.74 Å². The Labute approximate surface area is 111 Å². The van der Waals surface area contributed by atoms with Crippen LogP contribution in [-0.4, -0.2) is 35.5 Å². The molecular formula is C14H18BrNO. The minimum atomic E-state index is 0.404. The number of methoxy groups -OCH3 is 1. The van der Waals surface area contributed by atoms with E-state index in [0.29, 0.717) is 17.0 Å². The molecule has 3 heteroatoms. The Kier molecular flexibility index (Phi) is 3.24. The number of alkyl halides is 1. The van der Waals surface area contributed by atoms with Gasteiger partial charge in [0.05, 0.1) is 6.10 Å². The van der Waals surface area contributed by atoms with Gasteiger partial charge in [0, 0.05) is 31.1 Å². The van der Waals surface area contributed by atoms with Crippen LogP contribution < -0.4 is 0 Å². The van der Waals surface area contributed by atoms with Crippen molar-refractivity contribution in [1.29, 1.82) is 0 Å². The van der Waals surface area contributed by atoms with Crippen molar-refractivity contribution in [3.63, 3.8) is 0 Å². The first-order chi connectivity index (χ1) is 8.29. The van der Waals surface area contributed by atoms with Gasteiger partial charge in [-0.25, -0.2) is 0 Å². The van der Waals surface area contributed by atoms with E-state index < -0.39 is 0 Å². The van der Waals surface area contributed by atoms with Crippen LogP contribution in [0, 0.1) is 5.92 Å². The molecule has 1 saturated carbocycles. The predicted octanol–water partition coefficient (Wildman–Crippen LogP) is 2.67. The van der Waals surface area contributed by atoms with Crippen molar-refractivity contribution in [3.8, 4) is 0 Å². The van der Waals surface area contributed by atoms with E-state index in [1.807, 2.05) is 7.11 Å². The quantitative estimate of drug-likeness (QED) is 0.795. The van der Waals surface area contributed by atoms with Gasteiger partial charge < -0.3 is 4.74 Å². The lowest BCUT2D eigenvalue weighted by molar-refractivity contribution is 0.0172. The minimum Gasteiger partial charge on any atom is -0.380 e. The molecule has 3 rings (SSSR count). The summed E-state index contributed by atoms with van der Waals surface area (Å²) in [7, 11) is 1.84. The van der Waals surface area contributed by atoms with E-state index in [9.17, 15) is 0 Å². The number of benzene rings is 1. The number of halogens is 1. The summed E-state index contributed by atoms with van der Waals surface area (Å²) >= 11 is 3.84. The highest BCUT2D eigenvalue weighted by Gasteiger charge is 2.51. The van der Waals surface area contributed by atoms with E-state index in [-0.39, 0.29) is 0 Å². The largest absolute Gasteiger partial charge is 0.380 e. The van der Waals surface area contributed by atoms with Crippen LogP contribution in [0.1, 0.15) is 12.0 Å². The summed E-state index contributed by atoms with van der Waals surface area (Å²) in [5, 5.41) is 0. The first-order valence-corrected chi connectivity index (χ1v) is 7.16. The van der Waals surface area contributed by atoms with Crippen LogP contribution in [0.4, 0.5) is 0 Å². The zero-order chi connectivity index (χ0) is 11.8. The minimum absolute atomic E-state index is 0.404. The summed E-state index contributed by atoms with van der Waals surface area (Å²) in [5.74, 6) is 0.758. The molecule has 2 nitrogen and oxygen atoms in total. The summed E-state index contributed by atoms with van der Waals surface area (Å²) in [6, 6.07) is 11.3. The molecule has 0 aromatic heterocycles. The normalized spacial score (nSPS) is 36.6. The summed E-state index contributed by atoms with van der Waals surface area (Å²) in [6.45, 7) is 2.25. The number of ether oxygens (including phenoxy) is 1. The van der Waals surface area contributed by atoms with Gasteiger partial charge in [0.1, 0.15) is 0 Å². The SMILES string of the molecule is COC1C[C@@H]2CN(Cc3ccccc3)[C@H]1C2Br. The highest BCUT2D eigenvalue weighted by molar-refractivity contribution is 9.09. The van der Waals surface area contributed by atoms with E-state index in [1.54, 1.807) is 0 Å². The third-order valence-corrected chi connectivity index (χ3v) is 5.40. The standard InChI is InChI=1S/C14H18BrNO/c1-17-12-7-11-9-16(14(12)13(11)15)8-10-5-3-2-4-6-10/h2-6,11-14H,7-9H2,1H3/t11-,12?,13?,14-/m1/s1. The molecule has 2 bridgehead atoms. The van der Waals surface area contributed by atoms with Crippen molar-refractivity contribution in [2.45, 2.75) is 29.9 Å². The maximum atomic E-state index is 5.61. The molecule has 0 amide bonds. The number of fused-ring (bicyclic) bond motifs is 2. The van der Waals surface area contributed by atoms with E-state index in [1.165, 1.54) is 18.5 Å². The van der Waals surface area contributed by atoms with Crippen molar-refractivity contribution in [3.05, 3.63) is 35.9 Å². The lowest BCUT2D eigenvalue weighted by Gasteiger charge is -2.32. The van der Waals surface area contributed by atoms with Gasteiger partial charge in [0.2, 0.25) is 0 Å². The number of piperidine rings is 1. The molecular weight excluding hydrogens is 278 g/mol. The average Bonchev–Trinajstić information content (AvgIpc) is 2.83. The first-order valence-electron chi connectivity index (χ1n) is 6.24. The van der Waals surface area contributed by atoms with Gasteiger partial charge in [-0.15, -0.1) is 0 Å². The van der Waals surface area contributed by atoms with Gasteiger partial charge in [-0.05, 0) is 17.9 Å². The molecule has 4 atom stereocenters. The molecule has 0 radical (unpaired) electrons. The Hall–Kier alpha value is -0.380. The number of hydrogen-bond donors (Lipinski definition) is 0. The Balaban J connectivity index is 1.73. The number of rotatable bonds is 3. The zero-order valence-corrected chi connectivity index (χ0v) is 11.6. The van der Waals surface area contributed by atoms with E-state index in [2.05, 4.69) is 51.2 Å². The van der Waals surface area contributed by atoms with Crippen LogP contribution in [0.25, 0.3) is 0 Å². The number of likely N-dealkylation sites (tertiary alicyclic amines) is 1. The average molecular weight is 296 g/mol. The molecule has 1 aliphatic carbocycles. The van der Waals surface area contributed by atoms with Crippen LogP contribution in [0.2, 0.25) is 0 Å². The third kappa shape index (κ3) is 2.05. The Morgan fingerprint density at radius 3 is 2.76 bits per heavy atom. The van der Waals surface area contributed by atoms with Crippen molar-refractivity contribution in [2.24, 2.45) is 5.92 Å². The molecule has 0 N–H and O–H groups in total. The molecule has 92 valence electrons. The summed E-state index contributed by atoms with van der Waals surface area (Å²) in [6.07, 6.45) is 1.62. The summed E-state index contributed by atoms with van der Waals surface area (Å²) < 4.78 is 5.61. The van der Waals surface area contributed by atoms with Crippen LogP contribution in [0.5, 0.6) is 0 Å². The van der Waals surface area contributed by atoms with Gasteiger partial charge >= 0.3 is 0 Å². The lowest BCUT2D eigenvalue weighted by atomic mass is 10.1. The summed E-state index contributed by atoms with van der Waals surface area (Å²) in [5.41, 5.74) is 1.40. The number of nitrogens with zero attached hydrogens (tertiary/aromatic N) is 1. The molecule has 1 saturated heterocycles. The van der Waals surface area contributed by atoms with Crippen molar-refractivity contribution in [2.75, 3.05) is 13.7 Å². The van der Waals surface area contributed by atoms with Crippen molar-refractivity contribution in [1.82, 2.24) is 4.90 Å². The highest BCUT2D eigenvalue weighted by atomic mass is 79.9. The molecule has 1 aromatic carbocycles. The zero-order valence-electron chi connectivity index (χ0n) is 10.1. The molecule has 0 spiro atoms. The van der Waals surface area contributed by atoms with E-state index >= 15 is 0 Å². The Morgan fingerprint density at radius 1 is 1.35 bits per heavy atom. The second kappa shape index (κ2) is 4.71. The van der Waals surface area contributed by atoms with Crippen molar-refractivity contribution >= 4 is 15.9 Å². The Morgan fingerprint density at radius 2 is 2.12 bits per heavy atom. The summed E-state index contributed by atoms with van der Waals surface area (Å²) in [4.78, 5) is 3.17. The molecule has 1 aliphatic heterocycles. The molecule has 2 fully saturated rings. The second-order valence-corrected chi connectivity index (χ2v) is 6.18. The van der Waals surface area contributed by atoms with Crippen LogP contribution in [-0.2, 0) is 11.3 Å². The van der Waals surface area contributed by atoms with Gasteiger partial charge in [0.15, 0.2) is 0 Å². The molecule has 2 unspecified atom stereocenters.